The van der Waals surface area contributed by atoms with E-state index in [1.165, 1.54) is 0 Å². The Morgan fingerprint density at radius 2 is 2.19 bits per heavy atom. The summed E-state index contributed by atoms with van der Waals surface area (Å²) in [7, 11) is -1.69. The van der Waals surface area contributed by atoms with Crippen LogP contribution in [0, 0.1) is 12.3 Å². The lowest BCUT2D eigenvalue weighted by molar-refractivity contribution is 0.277. The minimum absolute atomic E-state index is 0.103. The van der Waals surface area contributed by atoms with Crippen LogP contribution < -0.4 is 5.44 Å². The molecular formula is C12H17NO2P+. The van der Waals surface area contributed by atoms with E-state index in [2.05, 4.69) is 10.9 Å². The molecule has 1 heterocycles. The van der Waals surface area contributed by atoms with Gasteiger partial charge in [-0.25, -0.2) is 9.51 Å². The quantitative estimate of drug-likeness (QED) is 0.637. The number of aromatic nitrogens is 1. The number of hydrogen-bond acceptors (Lipinski definition) is 3. The first kappa shape index (κ1) is 13.1. The zero-order chi connectivity index (χ0) is 12.2. The molecule has 0 aliphatic carbocycles. The van der Waals surface area contributed by atoms with Gasteiger partial charge in [0.05, 0.1) is 32.2 Å². The van der Waals surface area contributed by atoms with Gasteiger partial charge in [0.2, 0.25) is 5.44 Å². The monoisotopic (exact) mass is 238 g/mol. The van der Waals surface area contributed by atoms with Crippen molar-refractivity contribution < 1.29 is 9.63 Å². The number of terminal acetylenes is 1. The summed E-state index contributed by atoms with van der Waals surface area (Å²) in [6.07, 6.45) is 5.37. The van der Waals surface area contributed by atoms with Gasteiger partial charge in [-0.2, -0.15) is 0 Å². The van der Waals surface area contributed by atoms with E-state index in [1.807, 2.05) is 26.3 Å². The summed E-state index contributed by atoms with van der Waals surface area (Å²) in [5.41, 5.74) is 2.19. The molecule has 1 aromatic rings. The minimum Gasteiger partial charge on any atom is -0.390 e. The first-order valence-electron chi connectivity index (χ1n) is 5.11. The second-order valence-corrected chi connectivity index (χ2v) is 7.19. The molecule has 4 heteroatoms. The van der Waals surface area contributed by atoms with Crippen molar-refractivity contribution in [1.29, 1.82) is 0 Å². The van der Waals surface area contributed by atoms with Crippen LogP contribution in [0.1, 0.15) is 18.2 Å². The Morgan fingerprint density at radius 1 is 1.50 bits per heavy atom. The zero-order valence-electron chi connectivity index (χ0n) is 9.90. The minimum atomic E-state index is -1.69. The largest absolute Gasteiger partial charge is 0.390 e. The SMILES string of the molecule is C#Cc1cc(CO)nc([P+](C)(C)OCC)c1. The Hall–Kier alpha value is -0.940. The van der Waals surface area contributed by atoms with Gasteiger partial charge in [-0.05, 0) is 13.0 Å². The molecule has 86 valence electrons. The molecule has 1 aromatic heterocycles. The summed E-state index contributed by atoms with van der Waals surface area (Å²) < 4.78 is 5.71. The maximum atomic E-state index is 9.12. The topological polar surface area (TPSA) is 42.4 Å². The lowest BCUT2D eigenvalue weighted by Gasteiger charge is -2.15. The fraction of sp³-hybridized carbons (Fsp3) is 0.417. The maximum absolute atomic E-state index is 9.12. The first-order chi connectivity index (χ1) is 7.53. The van der Waals surface area contributed by atoms with Crippen molar-refractivity contribution in [3.63, 3.8) is 0 Å². The average molecular weight is 238 g/mol. The van der Waals surface area contributed by atoms with E-state index in [4.69, 9.17) is 16.1 Å². The van der Waals surface area contributed by atoms with Crippen LogP contribution in [0.4, 0.5) is 0 Å². The van der Waals surface area contributed by atoms with Crippen LogP contribution in [0.5, 0.6) is 0 Å². The molecule has 0 spiro atoms. The van der Waals surface area contributed by atoms with E-state index in [1.54, 1.807) is 6.07 Å². The van der Waals surface area contributed by atoms with Crippen LogP contribution in [-0.4, -0.2) is 30.0 Å². The van der Waals surface area contributed by atoms with Crippen LogP contribution >= 0.6 is 7.49 Å². The lowest BCUT2D eigenvalue weighted by atomic mass is 10.2. The summed E-state index contributed by atoms with van der Waals surface area (Å²) in [4.78, 5) is 4.37. The fourth-order valence-electron chi connectivity index (χ4n) is 1.40. The number of pyridine rings is 1. The Kier molecular flexibility index (Phi) is 4.44. The standard InChI is InChI=1S/C12H17NO2P/c1-5-10-7-11(9-14)13-12(8-10)16(3,4)15-6-2/h1,7-8,14H,6,9H2,2-4H3/q+1. The molecule has 16 heavy (non-hydrogen) atoms. The van der Waals surface area contributed by atoms with Gasteiger partial charge < -0.3 is 5.11 Å². The van der Waals surface area contributed by atoms with Crippen molar-refractivity contribution in [1.82, 2.24) is 4.98 Å². The highest BCUT2D eigenvalue weighted by Crippen LogP contribution is 2.50. The summed E-state index contributed by atoms with van der Waals surface area (Å²) in [5, 5.41) is 9.12. The third-order valence-electron chi connectivity index (χ3n) is 2.20. The number of nitrogens with zero attached hydrogens (tertiary/aromatic N) is 1. The van der Waals surface area contributed by atoms with Crippen LogP contribution in [0.3, 0.4) is 0 Å². The van der Waals surface area contributed by atoms with Crippen molar-refractivity contribution in [2.75, 3.05) is 19.9 Å². The Morgan fingerprint density at radius 3 is 2.69 bits per heavy atom. The van der Waals surface area contributed by atoms with E-state index < -0.39 is 7.49 Å². The fourth-order valence-corrected chi connectivity index (χ4v) is 3.00. The molecule has 0 aliphatic rings. The van der Waals surface area contributed by atoms with Crippen molar-refractivity contribution in [2.24, 2.45) is 0 Å². The average Bonchev–Trinajstić information content (AvgIpc) is 2.28. The Balaban J connectivity index is 3.18. The van der Waals surface area contributed by atoms with Gasteiger partial charge in [-0.1, -0.05) is 5.92 Å². The van der Waals surface area contributed by atoms with Gasteiger partial charge in [0.15, 0.2) is 7.49 Å². The molecule has 0 bridgehead atoms. The summed E-state index contributed by atoms with van der Waals surface area (Å²) >= 11 is 0. The normalized spacial score (nSPS) is 11.2. The molecule has 0 atom stereocenters. The summed E-state index contributed by atoms with van der Waals surface area (Å²) in [6.45, 7) is 6.59. The van der Waals surface area contributed by atoms with Gasteiger partial charge in [-0.15, -0.1) is 6.42 Å². The molecule has 1 N–H and O–H groups in total. The molecule has 0 fully saturated rings. The van der Waals surface area contributed by atoms with Crippen LogP contribution in [0.15, 0.2) is 12.1 Å². The highest BCUT2D eigenvalue weighted by atomic mass is 31.2. The third-order valence-corrected chi connectivity index (χ3v) is 4.43. The molecule has 0 saturated carbocycles. The molecule has 1 rings (SSSR count). The second-order valence-electron chi connectivity index (χ2n) is 3.78. The highest BCUT2D eigenvalue weighted by molar-refractivity contribution is 7.77. The van der Waals surface area contributed by atoms with Crippen molar-refractivity contribution in [3.05, 3.63) is 23.4 Å². The van der Waals surface area contributed by atoms with Gasteiger partial charge in [0.1, 0.15) is 0 Å². The number of aliphatic hydroxyl groups is 1. The zero-order valence-corrected chi connectivity index (χ0v) is 10.8. The molecule has 0 radical (unpaired) electrons. The van der Waals surface area contributed by atoms with Gasteiger partial charge in [-0.3, -0.25) is 0 Å². The number of hydrogen-bond donors (Lipinski definition) is 1. The van der Waals surface area contributed by atoms with E-state index >= 15 is 0 Å². The van der Waals surface area contributed by atoms with Gasteiger partial charge >= 0.3 is 0 Å². The Labute approximate surface area is 97.3 Å². The maximum Gasteiger partial charge on any atom is 0.213 e. The number of aliphatic hydroxyl groups excluding tert-OH is 1. The molecule has 0 saturated heterocycles. The molecular weight excluding hydrogens is 221 g/mol. The van der Waals surface area contributed by atoms with Gasteiger partial charge in [0, 0.05) is 11.6 Å². The van der Waals surface area contributed by atoms with Crippen molar-refractivity contribution in [2.45, 2.75) is 13.5 Å². The first-order valence-corrected chi connectivity index (χ1v) is 7.71. The van der Waals surface area contributed by atoms with Crippen LogP contribution in [0.25, 0.3) is 0 Å². The molecule has 0 amide bonds. The molecule has 0 aromatic carbocycles. The van der Waals surface area contributed by atoms with Crippen LogP contribution in [-0.2, 0) is 11.1 Å². The van der Waals surface area contributed by atoms with E-state index in [0.29, 0.717) is 12.3 Å². The third kappa shape index (κ3) is 3.02. The molecule has 0 unspecified atom stereocenters. The van der Waals surface area contributed by atoms with Crippen LogP contribution in [0.2, 0.25) is 0 Å². The van der Waals surface area contributed by atoms with Crippen molar-refractivity contribution in [3.8, 4) is 12.3 Å². The van der Waals surface area contributed by atoms with Gasteiger partial charge in [0.25, 0.3) is 0 Å². The van der Waals surface area contributed by atoms with E-state index in [-0.39, 0.29) is 6.61 Å². The van der Waals surface area contributed by atoms with E-state index in [9.17, 15) is 0 Å². The summed E-state index contributed by atoms with van der Waals surface area (Å²) in [6, 6.07) is 3.58. The predicted molar refractivity (Wildman–Crippen MR) is 68.1 cm³/mol. The van der Waals surface area contributed by atoms with Crippen molar-refractivity contribution >= 4 is 12.9 Å². The predicted octanol–water partition coefficient (Wildman–Crippen LogP) is 1.41. The summed E-state index contributed by atoms with van der Waals surface area (Å²) in [5.74, 6) is 2.57. The second kappa shape index (κ2) is 5.41. The highest BCUT2D eigenvalue weighted by Gasteiger charge is 2.32. The molecule has 3 nitrogen and oxygen atoms in total. The smallest absolute Gasteiger partial charge is 0.213 e. The molecule has 0 aliphatic heterocycles. The van der Waals surface area contributed by atoms with E-state index in [0.717, 1.165) is 11.0 Å². The number of rotatable bonds is 4. The lowest BCUT2D eigenvalue weighted by Crippen LogP contribution is -2.18. The Bertz CT molecular complexity index is 410.